The van der Waals surface area contributed by atoms with E-state index >= 15 is 0 Å². The highest BCUT2D eigenvalue weighted by Crippen LogP contribution is 2.32. The molecule has 0 aromatic heterocycles. The van der Waals surface area contributed by atoms with E-state index in [0.29, 0.717) is 27.5 Å². The lowest BCUT2D eigenvalue weighted by molar-refractivity contribution is -0.115. The third kappa shape index (κ3) is 4.56. The largest absolute Gasteiger partial charge is 0.489 e. The molecule has 3 rings (SSSR count). The van der Waals surface area contributed by atoms with Crippen molar-refractivity contribution >= 4 is 46.2 Å². The van der Waals surface area contributed by atoms with Gasteiger partial charge < -0.3 is 10.1 Å². The highest BCUT2D eigenvalue weighted by molar-refractivity contribution is 8.18. The summed E-state index contributed by atoms with van der Waals surface area (Å²) in [6, 6.07) is 13.1. The summed E-state index contributed by atoms with van der Waals surface area (Å²) in [4.78, 5) is 17.3. The summed E-state index contributed by atoms with van der Waals surface area (Å²) in [5, 5.41) is 3.89. The number of thioether (sulfide) groups is 1. The minimum Gasteiger partial charge on any atom is -0.489 e. The van der Waals surface area contributed by atoms with Gasteiger partial charge in [-0.25, -0.2) is 4.99 Å². The Bertz CT molecular complexity index is 905. The van der Waals surface area contributed by atoms with Crippen molar-refractivity contribution in [2.75, 3.05) is 6.61 Å². The Morgan fingerprint density at radius 1 is 1.27 bits per heavy atom. The number of carbonyl (C=O) groups excluding carboxylic acids is 1. The van der Waals surface area contributed by atoms with E-state index in [1.807, 2.05) is 31.2 Å². The van der Waals surface area contributed by atoms with Crippen LogP contribution in [0.4, 0.5) is 5.69 Å². The monoisotopic (exact) mass is 384 g/mol. The van der Waals surface area contributed by atoms with Crippen LogP contribution >= 0.6 is 23.4 Å². The van der Waals surface area contributed by atoms with Crippen molar-refractivity contribution in [2.24, 2.45) is 4.99 Å². The highest BCUT2D eigenvalue weighted by Gasteiger charge is 2.24. The van der Waals surface area contributed by atoms with Crippen LogP contribution in [0, 0.1) is 6.92 Å². The molecule has 6 heteroatoms. The molecule has 1 amide bonds. The molecule has 1 aliphatic rings. The number of hydrogen-bond donors (Lipinski definition) is 1. The van der Waals surface area contributed by atoms with E-state index < -0.39 is 0 Å². The number of halogens is 1. The average molecular weight is 385 g/mol. The molecular weight excluding hydrogens is 368 g/mol. The number of carbonyl (C=O) groups is 1. The van der Waals surface area contributed by atoms with Crippen molar-refractivity contribution in [1.82, 2.24) is 5.32 Å². The normalized spacial score (nSPS) is 16.8. The van der Waals surface area contributed by atoms with Crippen molar-refractivity contribution in [3.63, 3.8) is 0 Å². The fourth-order valence-corrected chi connectivity index (χ4v) is 3.28. The summed E-state index contributed by atoms with van der Waals surface area (Å²) in [5.74, 6) is 0.439. The number of benzene rings is 2. The van der Waals surface area contributed by atoms with Crippen LogP contribution < -0.4 is 10.1 Å². The van der Waals surface area contributed by atoms with Gasteiger partial charge in [-0.15, -0.1) is 0 Å². The Labute approximate surface area is 161 Å². The number of aryl methyl sites for hydroxylation is 1. The van der Waals surface area contributed by atoms with Crippen molar-refractivity contribution in [2.45, 2.75) is 6.92 Å². The number of amides is 1. The second-order valence-corrected chi connectivity index (χ2v) is 7.07. The molecule has 1 saturated heterocycles. The number of hydrogen-bond acceptors (Lipinski definition) is 4. The summed E-state index contributed by atoms with van der Waals surface area (Å²) in [6.07, 6.45) is 3.41. The molecule has 1 heterocycles. The van der Waals surface area contributed by atoms with Gasteiger partial charge in [-0.05, 0) is 55.1 Å². The zero-order chi connectivity index (χ0) is 18.5. The maximum absolute atomic E-state index is 12.3. The number of amidine groups is 1. The molecule has 2 aromatic carbocycles. The first-order chi connectivity index (χ1) is 12.5. The van der Waals surface area contributed by atoms with E-state index in [2.05, 4.69) is 16.9 Å². The molecule has 0 atom stereocenters. The molecule has 1 aliphatic heterocycles. The van der Waals surface area contributed by atoms with Crippen LogP contribution in [0.1, 0.15) is 11.1 Å². The number of ether oxygens (including phenoxy) is 1. The highest BCUT2D eigenvalue weighted by atomic mass is 35.5. The Hall–Kier alpha value is -2.50. The number of rotatable bonds is 5. The third-order valence-corrected chi connectivity index (χ3v) is 4.68. The van der Waals surface area contributed by atoms with Crippen LogP contribution in [0.2, 0.25) is 5.02 Å². The van der Waals surface area contributed by atoms with Gasteiger partial charge in [-0.2, -0.15) is 0 Å². The standard InChI is InChI=1S/C20H17ClN2O2S/c1-3-10-25-17-9-6-15(21)11-14(17)12-18-19(24)23-20(26-18)22-16-7-4-13(2)5-8-16/h3-9,11-12H,1,10H2,2H3,(H,22,23,24). The lowest BCUT2D eigenvalue weighted by atomic mass is 10.2. The van der Waals surface area contributed by atoms with Gasteiger partial charge in [0.2, 0.25) is 0 Å². The van der Waals surface area contributed by atoms with Crippen molar-refractivity contribution in [3.05, 3.63) is 76.2 Å². The molecule has 2 aromatic rings. The molecule has 0 unspecified atom stereocenters. The third-order valence-electron chi connectivity index (χ3n) is 3.53. The predicted octanol–water partition coefficient (Wildman–Crippen LogP) is 5.10. The van der Waals surface area contributed by atoms with Crippen LogP contribution in [0.25, 0.3) is 6.08 Å². The van der Waals surface area contributed by atoms with Gasteiger partial charge >= 0.3 is 0 Å². The van der Waals surface area contributed by atoms with Crippen LogP contribution in [-0.4, -0.2) is 17.7 Å². The van der Waals surface area contributed by atoms with E-state index in [-0.39, 0.29) is 5.91 Å². The van der Waals surface area contributed by atoms with Crippen LogP contribution in [0.5, 0.6) is 5.75 Å². The van der Waals surface area contributed by atoms with Crippen molar-refractivity contribution in [3.8, 4) is 5.75 Å². The van der Waals surface area contributed by atoms with Gasteiger partial charge in [0.25, 0.3) is 5.91 Å². The fraction of sp³-hybridized carbons (Fsp3) is 0.100. The minimum atomic E-state index is -0.199. The zero-order valence-corrected chi connectivity index (χ0v) is 15.7. The van der Waals surface area contributed by atoms with Crippen molar-refractivity contribution in [1.29, 1.82) is 0 Å². The Morgan fingerprint density at radius 3 is 2.77 bits per heavy atom. The van der Waals surface area contributed by atoms with Gasteiger partial charge in [0, 0.05) is 10.6 Å². The summed E-state index contributed by atoms with van der Waals surface area (Å²) >= 11 is 7.37. The molecule has 0 aliphatic carbocycles. The quantitative estimate of drug-likeness (QED) is 0.576. The van der Waals surface area contributed by atoms with Crippen molar-refractivity contribution < 1.29 is 9.53 Å². The summed E-state index contributed by atoms with van der Waals surface area (Å²) < 4.78 is 5.63. The van der Waals surface area contributed by atoms with Crippen LogP contribution in [-0.2, 0) is 4.79 Å². The first-order valence-corrected chi connectivity index (χ1v) is 9.14. The van der Waals surface area contributed by atoms with Gasteiger partial charge in [0.1, 0.15) is 12.4 Å². The number of nitrogens with one attached hydrogen (secondary N) is 1. The first kappa shape index (κ1) is 18.3. The molecule has 4 nitrogen and oxygen atoms in total. The lowest BCUT2D eigenvalue weighted by Gasteiger charge is -2.08. The molecular formula is C20H17ClN2O2S. The van der Waals surface area contributed by atoms with Gasteiger partial charge in [0.15, 0.2) is 5.17 Å². The number of nitrogens with zero attached hydrogens (tertiary/aromatic N) is 1. The summed E-state index contributed by atoms with van der Waals surface area (Å²) in [7, 11) is 0. The van der Waals surface area contributed by atoms with Crippen LogP contribution in [0.15, 0.2) is 65.0 Å². The fourth-order valence-electron chi connectivity index (χ4n) is 2.27. The number of aliphatic imine (C=N–C) groups is 1. The summed E-state index contributed by atoms with van der Waals surface area (Å²) in [6.45, 7) is 6.03. The smallest absolute Gasteiger partial charge is 0.264 e. The van der Waals surface area contributed by atoms with Gasteiger partial charge in [0.05, 0.1) is 10.6 Å². The maximum atomic E-state index is 12.3. The zero-order valence-electron chi connectivity index (χ0n) is 14.2. The lowest BCUT2D eigenvalue weighted by Crippen LogP contribution is -2.19. The van der Waals surface area contributed by atoms with E-state index in [1.54, 1.807) is 30.4 Å². The molecule has 0 saturated carbocycles. The predicted molar refractivity (Wildman–Crippen MR) is 109 cm³/mol. The molecule has 0 spiro atoms. The first-order valence-electron chi connectivity index (χ1n) is 7.94. The molecule has 132 valence electrons. The average Bonchev–Trinajstić information content (AvgIpc) is 2.95. The molecule has 1 fully saturated rings. The van der Waals surface area contributed by atoms with Gasteiger partial charge in [-0.3, -0.25) is 4.79 Å². The summed E-state index contributed by atoms with van der Waals surface area (Å²) in [5.41, 5.74) is 2.68. The van der Waals surface area contributed by atoms with E-state index in [4.69, 9.17) is 16.3 Å². The van der Waals surface area contributed by atoms with E-state index in [9.17, 15) is 4.79 Å². The topological polar surface area (TPSA) is 50.7 Å². The minimum absolute atomic E-state index is 0.199. The Balaban J connectivity index is 1.86. The van der Waals surface area contributed by atoms with E-state index in [1.165, 1.54) is 11.8 Å². The molecule has 26 heavy (non-hydrogen) atoms. The maximum Gasteiger partial charge on any atom is 0.264 e. The van der Waals surface area contributed by atoms with Gasteiger partial charge in [-0.1, -0.05) is 42.0 Å². The Morgan fingerprint density at radius 2 is 2.04 bits per heavy atom. The Kier molecular flexibility index (Phi) is 5.81. The van der Waals surface area contributed by atoms with E-state index in [0.717, 1.165) is 16.8 Å². The SMILES string of the molecule is C=CCOc1ccc(Cl)cc1C=C1SC(=Nc2ccc(C)cc2)NC1=O. The molecule has 0 bridgehead atoms. The molecule has 1 N–H and O–H groups in total. The second-order valence-electron chi connectivity index (χ2n) is 5.60. The van der Waals surface area contributed by atoms with Crippen LogP contribution in [0.3, 0.4) is 0 Å². The molecule has 0 radical (unpaired) electrons. The second kappa shape index (κ2) is 8.25.